The van der Waals surface area contributed by atoms with Gasteiger partial charge in [-0.1, -0.05) is 13.3 Å². The summed E-state index contributed by atoms with van der Waals surface area (Å²) in [5, 5.41) is 0. The molecule has 0 aliphatic heterocycles. The van der Waals surface area contributed by atoms with Gasteiger partial charge in [-0.15, -0.1) is 0 Å². The first-order valence-electron chi connectivity index (χ1n) is 4.75. The number of hydrogen-bond donors (Lipinski definition) is 0. The molecule has 0 aliphatic carbocycles. The van der Waals surface area contributed by atoms with Crippen molar-refractivity contribution in [2.75, 3.05) is 6.61 Å². The van der Waals surface area contributed by atoms with Gasteiger partial charge in [0.15, 0.2) is 0 Å². The fourth-order valence-electron chi connectivity index (χ4n) is 0.720. The van der Waals surface area contributed by atoms with E-state index in [1.165, 1.54) is 6.92 Å². The number of alkyl halides is 6. The summed E-state index contributed by atoms with van der Waals surface area (Å²) in [6.07, 6.45) is 0.0588. The molecule has 0 aromatic rings. The Labute approximate surface area is 110 Å². The maximum Gasteiger partial charge on any atom is 0.514 e. The largest absolute Gasteiger partial charge is 0.514 e. The lowest BCUT2D eigenvalue weighted by Crippen LogP contribution is -2.49. The van der Waals surface area contributed by atoms with Gasteiger partial charge in [0, 0.05) is 3.87 Å². The second-order valence-corrected chi connectivity index (χ2v) is 6.97. The van der Waals surface area contributed by atoms with Crippen LogP contribution >= 0.6 is 0 Å². The first-order chi connectivity index (χ1) is 8.69. The molecule has 0 spiro atoms. The third-order valence-electron chi connectivity index (χ3n) is 1.67. The average Bonchev–Trinajstić information content (AvgIpc) is 2.20. The number of sulfonamides is 2. The molecule has 0 rings (SSSR count). The Balaban J connectivity index is 5.78. The van der Waals surface area contributed by atoms with Gasteiger partial charge in [-0.2, -0.15) is 43.2 Å². The maximum absolute atomic E-state index is 12.2. The molecule has 122 valence electrons. The number of halogens is 6. The van der Waals surface area contributed by atoms with Gasteiger partial charge in [-0.05, 0) is 6.42 Å². The van der Waals surface area contributed by atoms with Crippen molar-refractivity contribution in [3.8, 4) is 0 Å². The zero-order valence-corrected chi connectivity index (χ0v) is 11.3. The minimum absolute atomic E-state index is 0.156. The van der Waals surface area contributed by atoms with Crippen LogP contribution < -0.4 is 0 Å². The second-order valence-electron chi connectivity index (χ2n) is 3.25. The van der Waals surface area contributed by atoms with Gasteiger partial charge in [0.05, 0.1) is 6.61 Å². The van der Waals surface area contributed by atoms with Gasteiger partial charge in [-0.3, -0.25) is 4.84 Å². The van der Waals surface area contributed by atoms with Crippen LogP contribution in [0.1, 0.15) is 19.8 Å². The Morgan fingerprint density at radius 2 is 1.25 bits per heavy atom. The molecule has 20 heavy (non-hydrogen) atoms. The average molecular weight is 353 g/mol. The van der Waals surface area contributed by atoms with E-state index in [0.717, 1.165) is 0 Å². The molecule has 0 heterocycles. The summed E-state index contributed by atoms with van der Waals surface area (Å²) in [4.78, 5) is 3.68. The van der Waals surface area contributed by atoms with Crippen molar-refractivity contribution in [3.63, 3.8) is 0 Å². The summed E-state index contributed by atoms with van der Waals surface area (Å²) in [5.74, 6) is 0. The molecule has 0 aromatic heterocycles. The van der Waals surface area contributed by atoms with Crippen LogP contribution in [0.15, 0.2) is 0 Å². The SMILES string of the molecule is CCCCON(S(=O)(=O)C(F)(F)F)S(=O)(=O)C(F)(F)F. The van der Waals surface area contributed by atoms with E-state index in [4.69, 9.17) is 0 Å². The normalized spacial score (nSPS) is 14.8. The molecule has 0 bridgehead atoms. The van der Waals surface area contributed by atoms with Gasteiger partial charge in [0.2, 0.25) is 0 Å². The number of hydrogen-bond acceptors (Lipinski definition) is 5. The van der Waals surface area contributed by atoms with E-state index in [1.807, 2.05) is 0 Å². The van der Waals surface area contributed by atoms with Crippen molar-refractivity contribution in [3.05, 3.63) is 0 Å². The van der Waals surface area contributed by atoms with Crippen LogP contribution in [-0.2, 0) is 24.9 Å². The highest BCUT2D eigenvalue weighted by atomic mass is 32.3. The highest BCUT2D eigenvalue weighted by Gasteiger charge is 2.63. The molecule has 0 saturated heterocycles. The number of nitrogens with zero attached hydrogens (tertiary/aromatic N) is 1. The van der Waals surface area contributed by atoms with Crippen molar-refractivity contribution >= 4 is 20.0 Å². The molecule has 6 nitrogen and oxygen atoms in total. The zero-order chi connectivity index (χ0) is 16.4. The van der Waals surface area contributed by atoms with Crippen molar-refractivity contribution in [1.82, 2.24) is 3.87 Å². The lowest BCUT2D eigenvalue weighted by molar-refractivity contribution is -0.0921. The maximum atomic E-state index is 12.2. The Morgan fingerprint density at radius 3 is 1.50 bits per heavy atom. The van der Waals surface area contributed by atoms with E-state index in [2.05, 4.69) is 4.84 Å². The first-order valence-corrected chi connectivity index (χ1v) is 7.63. The van der Waals surface area contributed by atoms with Gasteiger partial charge in [0.1, 0.15) is 0 Å². The summed E-state index contributed by atoms with van der Waals surface area (Å²) in [5.41, 5.74) is -12.5. The molecule has 0 unspecified atom stereocenters. The number of rotatable bonds is 6. The second kappa shape index (κ2) is 6.03. The Morgan fingerprint density at radius 1 is 0.900 bits per heavy atom. The van der Waals surface area contributed by atoms with E-state index in [1.54, 1.807) is 0 Å². The van der Waals surface area contributed by atoms with Crippen molar-refractivity contribution in [1.29, 1.82) is 0 Å². The van der Waals surface area contributed by atoms with Crippen LogP contribution in [0.4, 0.5) is 26.3 Å². The highest BCUT2D eigenvalue weighted by Crippen LogP contribution is 2.35. The minimum Gasteiger partial charge on any atom is -0.270 e. The quantitative estimate of drug-likeness (QED) is 0.413. The van der Waals surface area contributed by atoms with Gasteiger partial charge in [-0.25, -0.2) is 0 Å². The Kier molecular flexibility index (Phi) is 5.85. The molecule has 0 fully saturated rings. The third-order valence-corrected chi connectivity index (χ3v) is 5.02. The molecular formula is C6H9F6NO5S2. The topological polar surface area (TPSA) is 80.8 Å². The highest BCUT2D eigenvalue weighted by molar-refractivity contribution is 8.04. The zero-order valence-electron chi connectivity index (χ0n) is 9.69. The molecule has 14 heteroatoms. The van der Waals surface area contributed by atoms with Crippen LogP contribution in [0.3, 0.4) is 0 Å². The summed E-state index contributed by atoms with van der Waals surface area (Å²) < 4.78 is 114. The van der Waals surface area contributed by atoms with E-state index in [-0.39, 0.29) is 12.8 Å². The van der Waals surface area contributed by atoms with Gasteiger partial charge >= 0.3 is 31.1 Å². The molecule has 0 atom stereocenters. The Hall–Kier alpha value is -0.600. The van der Waals surface area contributed by atoms with E-state index in [9.17, 15) is 43.2 Å². The molecule has 0 amide bonds. The lowest BCUT2D eigenvalue weighted by atomic mass is 10.4. The van der Waals surface area contributed by atoms with Crippen LogP contribution in [-0.4, -0.2) is 38.3 Å². The van der Waals surface area contributed by atoms with E-state index < -0.39 is 41.5 Å². The van der Waals surface area contributed by atoms with Gasteiger partial charge < -0.3 is 0 Å². The van der Waals surface area contributed by atoms with Crippen molar-refractivity contribution < 1.29 is 48.0 Å². The molecule has 0 aromatic carbocycles. The van der Waals surface area contributed by atoms with Crippen LogP contribution in [0.25, 0.3) is 0 Å². The van der Waals surface area contributed by atoms with Crippen LogP contribution in [0, 0.1) is 0 Å². The summed E-state index contributed by atoms with van der Waals surface area (Å²) >= 11 is 0. The molecule has 0 N–H and O–H groups in total. The minimum atomic E-state index is -6.86. The molecular weight excluding hydrogens is 344 g/mol. The van der Waals surface area contributed by atoms with E-state index in [0.29, 0.717) is 0 Å². The van der Waals surface area contributed by atoms with Crippen molar-refractivity contribution in [2.45, 2.75) is 30.8 Å². The lowest BCUT2D eigenvalue weighted by Gasteiger charge is -2.22. The predicted molar refractivity (Wildman–Crippen MR) is 52.6 cm³/mol. The number of unbranched alkanes of at least 4 members (excludes halogenated alkanes) is 1. The molecule has 0 radical (unpaired) electrons. The molecule has 0 saturated carbocycles. The summed E-state index contributed by atoms with van der Waals surface area (Å²) in [6.45, 7) is 0.505. The predicted octanol–water partition coefficient (Wildman–Crippen LogP) is 1.72. The fourth-order valence-corrected chi connectivity index (χ4v) is 3.03. The van der Waals surface area contributed by atoms with Gasteiger partial charge in [0.25, 0.3) is 0 Å². The first kappa shape index (κ1) is 19.4. The fraction of sp³-hybridized carbons (Fsp3) is 1.00. The molecule has 0 aliphatic rings. The van der Waals surface area contributed by atoms with E-state index >= 15 is 0 Å². The summed E-state index contributed by atoms with van der Waals surface area (Å²) in [6, 6.07) is 0. The summed E-state index contributed by atoms with van der Waals surface area (Å²) in [7, 11) is -13.7. The Bertz CT molecular complexity index is 477. The smallest absolute Gasteiger partial charge is 0.270 e. The third kappa shape index (κ3) is 3.95. The monoisotopic (exact) mass is 353 g/mol. The van der Waals surface area contributed by atoms with Crippen LogP contribution in [0.2, 0.25) is 0 Å². The standard InChI is InChI=1S/C6H9F6NO5S2/c1-2-3-4-18-13(19(14,15)5(7,8)9)20(16,17)6(10,11)12/h2-4H2,1H3. The van der Waals surface area contributed by atoms with Crippen LogP contribution in [0.5, 0.6) is 0 Å². The van der Waals surface area contributed by atoms with Crippen molar-refractivity contribution in [2.24, 2.45) is 0 Å².